The van der Waals surface area contributed by atoms with Crippen LogP contribution in [0.15, 0.2) is 17.0 Å². The van der Waals surface area contributed by atoms with Crippen LogP contribution in [-0.2, 0) is 10.0 Å². The fourth-order valence-corrected chi connectivity index (χ4v) is 4.68. The molecule has 1 aromatic carbocycles. The summed E-state index contributed by atoms with van der Waals surface area (Å²) in [4.78, 5) is 0.0150. The summed E-state index contributed by atoms with van der Waals surface area (Å²) in [5.74, 6) is 0.730. The number of sulfonamides is 1. The van der Waals surface area contributed by atoms with E-state index in [2.05, 4.69) is 0 Å². The van der Waals surface area contributed by atoms with Crippen molar-refractivity contribution >= 4 is 33.2 Å². The number of hydrogen-bond acceptors (Lipinski definition) is 4. The fourth-order valence-electron chi connectivity index (χ4n) is 2.39. The van der Waals surface area contributed by atoms with E-state index >= 15 is 0 Å². The molecule has 0 amide bonds. The van der Waals surface area contributed by atoms with E-state index < -0.39 is 10.0 Å². The van der Waals surface area contributed by atoms with Gasteiger partial charge >= 0.3 is 0 Å². The Bertz CT molecular complexity index is 614. The number of nitrogens with zero attached hydrogens (tertiary/aromatic N) is 1. The summed E-state index contributed by atoms with van der Waals surface area (Å²) in [6, 6.07) is 2.76. The number of rotatable bonds is 4. The second-order valence-electron chi connectivity index (χ2n) is 5.00. The first-order valence-electron chi connectivity index (χ1n) is 6.63. The molecule has 0 radical (unpaired) electrons. The zero-order valence-corrected chi connectivity index (χ0v) is 14.0. The topological polar surface area (TPSA) is 72.6 Å². The van der Waals surface area contributed by atoms with E-state index in [4.69, 9.17) is 33.7 Å². The van der Waals surface area contributed by atoms with E-state index in [1.807, 2.05) is 0 Å². The Morgan fingerprint density at radius 1 is 1.29 bits per heavy atom. The summed E-state index contributed by atoms with van der Waals surface area (Å²) >= 11 is 12.1. The van der Waals surface area contributed by atoms with Crippen molar-refractivity contribution in [1.29, 1.82) is 0 Å². The Morgan fingerprint density at radius 2 is 1.90 bits per heavy atom. The number of methoxy groups -OCH3 is 1. The molecule has 2 N–H and O–H groups in total. The van der Waals surface area contributed by atoms with Gasteiger partial charge in [0.05, 0.1) is 17.2 Å². The Kier molecular flexibility index (Phi) is 5.38. The van der Waals surface area contributed by atoms with E-state index in [0.29, 0.717) is 31.3 Å². The standard InChI is InChI=1S/C13H18Cl2N2O3S/c1-20-12-6-11(15)13(7-10(12)14)21(18,19)17-4-2-9(8-16)3-5-17/h6-7,9H,2-5,8,16H2,1H3. The van der Waals surface area contributed by atoms with Crippen LogP contribution in [0.4, 0.5) is 0 Å². The molecule has 1 aromatic rings. The molecule has 0 aliphatic carbocycles. The summed E-state index contributed by atoms with van der Waals surface area (Å²) in [6.07, 6.45) is 1.52. The van der Waals surface area contributed by atoms with Gasteiger partial charge in [-0.1, -0.05) is 23.2 Å². The number of piperidine rings is 1. The van der Waals surface area contributed by atoms with Gasteiger partial charge in [-0.15, -0.1) is 0 Å². The molecule has 0 atom stereocenters. The van der Waals surface area contributed by atoms with E-state index in [1.54, 1.807) is 0 Å². The maximum atomic E-state index is 12.7. The third-order valence-corrected chi connectivity index (χ3v) is 6.39. The van der Waals surface area contributed by atoms with E-state index in [0.717, 1.165) is 12.8 Å². The van der Waals surface area contributed by atoms with E-state index in [-0.39, 0.29) is 14.9 Å². The molecule has 1 saturated heterocycles. The van der Waals surface area contributed by atoms with Gasteiger partial charge in [0.25, 0.3) is 0 Å². The number of nitrogens with two attached hydrogens (primary N) is 1. The predicted molar refractivity (Wildman–Crippen MR) is 83.6 cm³/mol. The highest BCUT2D eigenvalue weighted by atomic mass is 35.5. The van der Waals surface area contributed by atoms with Gasteiger partial charge in [-0.25, -0.2) is 8.42 Å². The van der Waals surface area contributed by atoms with E-state index in [9.17, 15) is 8.42 Å². The van der Waals surface area contributed by atoms with Crippen LogP contribution in [0.1, 0.15) is 12.8 Å². The quantitative estimate of drug-likeness (QED) is 0.902. The highest BCUT2D eigenvalue weighted by Gasteiger charge is 2.31. The highest BCUT2D eigenvalue weighted by molar-refractivity contribution is 7.89. The Labute approximate surface area is 135 Å². The van der Waals surface area contributed by atoms with Crippen LogP contribution < -0.4 is 10.5 Å². The molecule has 118 valence electrons. The average molecular weight is 353 g/mol. The average Bonchev–Trinajstić information content (AvgIpc) is 2.49. The molecule has 8 heteroatoms. The van der Waals surface area contributed by atoms with Crippen molar-refractivity contribution in [3.8, 4) is 5.75 Å². The van der Waals surface area contributed by atoms with Crippen LogP contribution in [0.3, 0.4) is 0 Å². The number of benzene rings is 1. The minimum Gasteiger partial charge on any atom is -0.495 e. The Hall–Kier alpha value is -0.530. The monoisotopic (exact) mass is 352 g/mol. The van der Waals surface area contributed by atoms with Crippen molar-refractivity contribution in [2.75, 3.05) is 26.7 Å². The van der Waals surface area contributed by atoms with Gasteiger partial charge < -0.3 is 10.5 Å². The van der Waals surface area contributed by atoms with Crippen LogP contribution >= 0.6 is 23.2 Å². The smallest absolute Gasteiger partial charge is 0.244 e. The van der Waals surface area contributed by atoms with Crippen LogP contribution in [0.25, 0.3) is 0 Å². The van der Waals surface area contributed by atoms with Crippen LogP contribution in [0, 0.1) is 5.92 Å². The summed E-state index contributed by atoms with van der Waals surface area (Å²) in [5.41, 5.74) is 5.62. The molecule has 21 heavy (non-hydrogen) atoms. The van der Waals surface area contributed by atoms with Crippen LogP contribution in [0.5, 0.6) is 5.75 Å². The van der Waals surface area contributed by atoms with E-state index in [1.165, 1.54) is 23.5 Å². The van der Waals surface area contributed by atoms with Crippen molar-refractivity contribution in [3.63, 3.8) is 0 Å². The first-order chi connectivity index (χ1) is 9.90. The predicted octanol–water partition coefficient (Wildman–Crippen LogP) is 2.36. The minimum atomic E-state index is -3.65. The Morgan fingerprint density at radius 3 is 2.43 bits per heavy atom. The molecule has 0 bridgehead atoms. The van der Waals surface area contributed by atoms with Gasteiger partial charge in [0.15, 0.2) is 0 Å². The number of hydrogen-bond donors (Lipinski definition) is 1. The summed E-state index contributed by atoms with van der Waals surface area (Å²) in [6.45, 7) is 1.48. The lowest BCUT2D eigenvalue weighted by molar-refractivity contribution is 0.278. The fraction of sp³-hybridized carbons (Fsp3) is 0.538. The summed E-state index contributed by atoms with van der Waals surface area (Å²) < 4.78 is 31.8. The Balaban J connectivity index is 2.30. The molecule has 0 spiro atoms. The van der Waals surface area contributed by atoms with Crippen molar-refractivity contribution in [1.82, 2.24) is 4.31 Å². The SMILES string of the molecule is COc1cc(Cl)c(S(=O)(=O)N2CCC(CN)CC2)cc1Cl. The van der Waals surface area contributed by atoms with Gasteiger partial charge in [-0.3, -0.25) is 0 Å². The van der Waals surface area contributed by atoms with Gasteiger partial charge in [-0.05, 0) is 31.4 Å². The van der Waals surface area contributed by atoms with Crippen LogP contribution in [0.2, 0.25) is 10.0 Å². The third kappa shape index (κ3) is 3.46. The van der Waals surface area contributed by atoms with Crippen molar-refractivity contribution < 1.29 is 13.2 Å². The normalized spacial score (nSPS) is 17.9. The molecule has 1 heterocycles. The second-order valence-corrected chi connectivity index (χ2v) is 7.72. The summed E-state index contributed by atoms with van der Waals surface area (Å²) in [7, 11) is -2.20. The molecule has 2 rings (SSSR count). The van der Waals surface area contributed by atoms with Gasteiger partial charge in [0.2, 0.25) is 10.0 Å². The number of halogens is 2. The number of ether oxygens (including phenoxy) is 1. The van der Waals surface area contributed by atoms with Crippen molar-refractivity contribution in [2.45, 2.75) is 17.7 Å². The van der Waals surface area contributed by atoms with Gasteiger partial charge in [-0.2, -0.15) is 4.31 Å². The first kappa shape index (κ1) is 16.8. The molecule has 1 aliphatic heterocycles. The zero-order valence-electron chi connectivity index (χ0n) is 11.7. The van der Waals surface area contributed by atoms with Gasteiger partial charge in [0.1, 0.15) is 10.6 Å². The van der Waals surface area contributed by atoms with Crippen molar-refractivity contribution in [3.05, 3.63) is 22.2 Å². The maximum absolute atomic E-state index is 12.7. The summed E-state index contributed by atoms with van der Waals surface area (Å²) in [5, 5.41) is 0.328. The highest BCUT2D eigenvalue weighted by Crippen LogP contribution is 2.35. The minimum absolute atomic E-state index is 0.0150. The molecular formula is C13H18Cl2N2O3S. The molecular weight excluding hydrogens is 335 g/mol. The lowest BCUT2D eigenvalue weighted by Crippen LogP contribution is -2.40. The molecule has 1 fully saturated rings. The second kappa shape index (κ2) is 6.71. The van der Waals surface area contributed by atoms with Crippen LogP contribution in [-0.4, -0.2) is 39.5 Å². The lowest BCUT2D eigenvalue weighted by atomic mass is 9.99. The first-order valence-corrected chi connectivity index (χ1v) is 8.83. The molecule has 0 saturated carbocycles. The molecule has 0 aromatic heterocycles. The van der Waals surface area contributed by atoms with Gasteiger partial charge in [0, 0.05) is 19.2 Å². The maximum Gasteiger partial charge on any atom is 0.244 e. The molecule has 1 aliphatic rings. The molecule has 0 unspecified atom stereocenters. The zero-order chi connectivity index (χ0) is 15.6. The largest absolute Gasteiger partial charge is 0.495 e. The molecule has 5 nitrogen and oxygen atoms in total. The van der Waals surface area contributed by atoms with Crippen molar-refractivity contribution in [2.24, 2.45) is 11.7 Å². The third-order valence-electron chi connectivity index (χ3n) is 3.73. The lowest BCUT2D eigenvalue weighted by Gasteiger charge is -2.30.